The summed E-state index contributed by atoms with van der Waals surface area (Å²) in [5, 5.41) is 0. The minimum atomic E-state index is 0.238. The average molecular weight is 296 g/mol. The molecular weight excluding hydrogens is 278 g/mol. The topological polar surface area (TPSA) is 20.3 Å². The molecule has 0 aliphatic carbocycles. The van der Waals surface area contributed by atoms with Gasteiger partial charge in [0, 0.05) is 17.8 Å². The lowest BCUT2D eigenvalue weighted by Crippen LogP contribution is -2.27. The smallest absolute Gasteiger partial charge is 0.228 e. The predicted octanol–water partition coefficient (Wildman–Crippen LogP) is 3.31. The Labute approximate surface area is 111 Å². The zero-order valence-corrected chi connectivity index (χ0v) is 12.0. The molecule has 3 heteroatoms. The van der Waals surface area contributed by atoms with E-state index >= 15 is 0 Å². The van der Waals surface area contributed by atoms with Gasteiger partial charge < -0.3 is 4.90 Å². The number of alkyl halides is 1. The van der Waals surface area contributed by atoms with E-state index in [4.69, 9.17) is 0 Å². The van der Waals surface area contributed by atoms with Gasteiger partial charge in [-0.05, 0) is 24.0 Å². The first kappa shape index (κ1) is 12.6. The Bertz CT molecular complexity index is 408. The number of nitrogens with zero attached hydrogens (tertiary/aromatic N) is 1. The van der Waals surface area contributed by atoms with E-state index in [0.29, 0.717) is 11.2 Å². The Balaban J connectivity index is 2.46. The maximum absolute atomic E-state index is 12.0. The van der Waals surface area contributed by atoms with Crippen molar-refractivity contribution in [2.75, 3.05) is 11.4 Å². The van der Waals surface area contributed by atoms with Gasteiger partial charge >= 0.3 is 0 Å². The lowest BCUT2D eigenvalue weighted by atomic mass is 10.0. The molecular formula is C14H18BrNO. The molecule has 1 aliphatic rings. The minimum absolute atomic E-state index is 0.238. The zero-order valence-electron chi connectivity index (χ0n) is 10.4. The molecule has 0 saturated carbocycles. The van der Waals surface area contributed by atoms with E-state index in [1.165, 1.54) is 11.1 Å². The van der Waals surface area contributed by atoms with E-state index in [9.17, 15) is 4.79 Å². The van der Waals surface area contributed by atoms with Crippen molar-refractivity contribution >= 4 is 27.5 Å². The van der Waals surface area contributed by atoms with Gasteiger partial charge in [0.2, 0.25) is 5.91 Å². The summed E-state index contributed by atoms with van der Waals surface area (Å²) in [4.78, 5) is 14.3. The van der Waals surface area contributed by atoms with Crippen molar-refractivity contribution in [1.82, 2.24) is 0 Å². The monoisotopic (exact) mass is 295 g/mol. The van der Waals surface area contributed by atoms with Crippen molar-refractivity contribution in [3.63, 3.8) is 0 Å². The van der Waals surface area contributed by atoms with Gasteiger partial charge in [0.05, 0.1) is 5.69 Å². The molecule has 2 rings (SSSR count). The molecule has 92 valence electrons. The number of rotatable bonds is 3. The summed E-state index contributed by atoms with van der Waals surface area (Å²) >= 11 is 3.55. The van der Waals surface area contributed by atoms with Gasteiger partial charge in [0.1, 0.15) is 0 Å². The quantitative estimate of drug-likeness (QED) is 0.784. The third-order valence-electron chi connectivity index (χ3n) is 3.31. The minimum Gasteiger partial charge on any atom is -0.311 e. The fraction of sp³-hybridized carbons (Fsp3) is 0.500. The van der Waals surface area contributed by atoms with E-state index in [2.05, 4.69) is 48.0 Å². The maximum atomic E-state index is 12.0. The van der Waals surface area contributed by atoms with E-state index in [-0.39, 0.29) is 5.91 Å². The molecule has 1 aliphatic heterocycles. The van der Waals surface area contributed by atoms with Crippen LogP contribution in [-0.2, 0) is 17.6 Å². The summed E-state index contributed by atoms with van der Waals surface area (Å²) in [6, 6.07) is 6.35. The van der Waals surface area contributed by atoms with Crippen LogP contribution in [0, 0.1) is 0 Å². The molecule has 0 bridgehead atoms. The summed E-state index contributed by atoms with van der Waals surface area (Å²) in [5.41, 5.74) is 3.71. The molecule has 1 fully saturated rings. The lowest BCUT2D eigenvalue weighted by molar-refractivity contribution is -0.117. The van der Waals surface area contributed by atoms with Gasteiger partial charge in [-0.25, -0.2) is 0 Å². The molecule has 2 nitrogen and oxygen atoms in total. The van der Waals surface area contributed by atoms with Crippen molar-refractivity contribution < 1.29 is 4.79 Å². The first-order valence-corrected chi connectivity index (χ1v) is 7.14. The van der Waals surface area contributed by atoms with Crippen LogP contribution in [0.1, 0.15) is 31.4 Å². The highest BCUT2D eigenvalue weighted by Crippen LogP contribution is 2.32. The van der Waals surface area contributed by atoms with Crippen LogP contribution < -0.4 is 4.90 Å². The van der Waals surface area contributed by atoms with Crippen LogP contribution in [-0.4, -0.2) is 17.3 Å². The Hall–Kier alpha value is -0.830. The molecule has 0 aromatic heterocycles. The fourth-order valence-corrected chi connectivity index (χ4v) is 3.01. The van der Waals surface area contributed by atoms with Gasteiger partial charge in [-0.1, -0.05) is 48.0 Å². The van der Waals surface area contributed by atoms with E-state index in [1.807, 2.05) is 4.90 Å². The molecule has 1 amide bonds. The van der Waals surface area contributed by atoms with Gasteiger partial charge in [-0.15, -0.1) is 0 Å². The number of carbonyl (C=O) groups excluding carboxylic acids is 1. The highest BCUT2D eigenvalue weighted by Gasteiger charge is 2.30. The highest BCUT2D eigenvalue weighted by atomic mass is 79.9. The normalized spacial score (nSPS) is 20.1. The molecule has 1 aromatic carbocycles. The van der Waals surface area contributed by atoms with Gasteiger partial charge in [-0.3, -0.25) is 4.79 Å². The Kier molecular flexibility index (Phi) is 3.87. The number of anilines is 1. The number of carbonyl (C=O) groups is 1. The van der Waals surface area contributed by atoms with Crippen LogP contribution in [0.3, 0.4) is 0 Å². The van der Waals surface area contributed by atoms with E-state index in [1.54, 1.807) is 0 Å². The summed E-state index contributed by atoms with van der Waals surface area (Å²) in [6.07, 6.45) is 2.56. The number of aryl methyl sites for hydroxylation is 2. The Morgan fingerprint density at radius 3 is 2.29 bits per heavy atom. The second-order valence-electron chi connectivity index (χ2n) is 4.44. The predicted molar refractivity (Wildman–Crippen MR) is 74.9 cm³/mol. The van der Waals surface area contributed by atoms with Crippen LogP contribution in [0.25, 0.3) is 0 Å². The van der Waals surface area contributed by atoms with Crippen molar-refractivity contribution in [3.8, 4) is 0 Å². The summed E-state index contributed by atoms with van der Waals surface area (Å²) in [5.74, 6) is 0.238. The second-order valence-corrected chi connectivity index (χ2v) is 5.73. The van der Waals surface area contributed by atoms with Crippen LogP contribution in [0.5, 0.6) is 0 Å². The summed E-state index contributed by atoms with van der Waals surface area (Å²) in [7, 11) is 0. The highest BCUT2D eigenvalue weighted by molar-refractivity contribution is 9.09. The average Bonchev–Trinajstić information content (AvgIpc) is 2.67. The number of halogens is 1. The van der Waals surface area contributed by atoms with Crippen molar-refractivity contribution in [3.05, 3.63) is 29.3 Å². The first-order chi connectivity index (χ1) is 8.17. The zero-order chi connectivity index (χ0) is 12.4. The number of para-hydroxylation sites is 1. The molecule has 1 atom stereocenters. The van der Waals surface area contributed by atoms with Crippen LogP contribution >= 0.6 is 15.9 Å². The van der Waals surface area contributed by atoms with Gasteiger partial charge in [0.15, 0.2) is 0 Å². The van der Waals surface area contributed by atoms with Gasteiger partial charge in [-0.2, -0.15) is 0 Å². The van der Waals surface area contributed by atoms with Crippen LogP contribution in [0.2, 0.25) is 0 Å². The standard InChI is InChI=1S/C14H18BrNO/c1-3-10-6-5-7-11(4-2)14(10)16-9-12(15)8-13(16)17/h5-7,12H,3-4,8-9H2,1-2H3. The second kappa shape index (κ2) is 5.21. The molecule has 1 unspecified atom stereocenters. The maximum Gasteiger partial charge on any atom is 0.228 e. The lowest BCUT2D eigenvalue weighted by Gasteiger charge is -2.23. The molecule has 17 heavy (non-hydrogen) atoms. The number of hydrogen-bond acceptors (Lipinski definition) is 1. The molecule has 0 N–H and O–H groups in total. The fourth-order valence-electron chi connectivity index (χ4n) is 2.44. The number of hydrogen-bond donors (Lipinski definition) is 0. The first-order valence-electron chi connectivity index (χ1n) is 6.22. The van der Waals surface area contributed by atoms with Crippen molar-refractivity contribution in [1.29, 1.82) is 0 Å². The Morgan fingerprint density at radius 1 is 1.29 bits per heavy atom. The van der Waals surface area contributed by atoms with Crippen LogP contribution in [0.15, 0.2) is 18.2 Å². The molecule has 1 saturated heterocycles. The largest absolute Gasteiger partial charge is 0.311 e. The van der Waals surface area contributed by atoms with Crippen LogP contribution in [0.4, 0.5) is 5.69 Å². The third kappa shape index (κ3) is 2.39. The number of benzene rings is 1. The Morgan fingerprint density at radius 2 is 1.88 bits per heavy atom. The summed E-state index contributed by atoms with van der Waals surface area (Å²) in [6.45, 7) is 5.08. The van der Waals surface area contributed by atoms with Crippen molar-refractivity contribution in [2.24, 2.45) is 0 Å². The van der Waals surface area contributed by atoms with Gasteiger partial charge in [0.25, 0.3) is 0 Å². The van der Waals surface area contributed by atoms with E-state index in [0.717, 1.165) is 25.1 Å². The van der Waals surface area contributed by atoms with Crippen molar-refractivity contribution in [2.45, 2.75) is 37.9 Å². The molecule has 0 radical (unpaired) electrons. The third-order valence-corrected chi connectivity index (χ3v) is 3.93. The summed E-state index contributed by atoms with van der Waals surface area (Å²) < 4.78 is 0. The molecule has 1 heterocycles. The molecule has 1 aromatic rings. The van der Waals surface area contributed by atoms with E-state index < -0.39 is 0 Å². The SMILES string of the molecule is CCc1cccc(CC)c1N1CC(Br)CC1=O. The number of amides is 1. The molecule has 0 spiro atoms.